The zero-order chi connectivity index (χ0) is 48.0. The van der Waals surface area contributed by atoms with E-state index in [9.17, 15) is 0 Å². The van der Waals surface area contributed by atoms with Crippen LogP contribution < -0.4 is 0 Å². The van der Waals surface area contributed by atoms with E-state index in [0.29, 0.717) is 0 Å². The Morgan fingerprint density at radius 1 is 0.274 bits per heavy atom. The highest BCUT2D eigenvalue weighted by Crippen LogP contribution is 2.58. The van der Waals surface area contributed by atoms with Gasteiger partial charge in [-0.2, -0.15) is 0 Å². The van der Waals surface area contributed by atoms with Gasteiger partial charge in [0.25, 0.3) is 0 Å². The van der Waals surface area contributed by atoms with Gasteiger partial charge in [0.05, 0.1) is 50.3 Å². The van der Waals surface area contributed by atoms with Crippen molar-refractivity contribution in [3.8, 4) is 56.2 Å². The van der Waals surface area contributed by atoms with Gasteiger partial charge in [0, 0.05) is 79.4 Å². The predicted octanol–water partition coefficient (Wildman–Crippen LogP) is 16.0. The van der Waals surface area contributed by atoms with Crippen molar-refractivity contribution < 1.29 is 0 Å². The highest BCUT2D eigenvalue weighted by Gasteiger charge is 2.47. The minimum atomic E-state index is -0.795. The van der Waals surface area contributed by atoms with Gasteiger partial charge >= 0.3 is 0 Å². The maximum absolute atomic E-state index is 5.28. The first kappa shape index (κ1) is 41.0. The van der Waals surface area contributed by atoms with Gasteiger partial charge in [-0.1, -0.05) is 170 Å². The van der Waals surface area contributed by atoms with Gasteiger partial charge in [-0.3, -0.25) is 19.9 Å². The lowest BCUT2D eigenvalue weighted by atomic mass is 9.67. The van der Waals surface area contributed by atoms with Gasteiger partial charge in [-0.25, -0.2) is 9.97 Å². The summed E-state index contributed by atoms with van der Waals surface area (Å²) in [5.74, 6) is 0. The number of benzene rings is 8. The average Bonchev–Trinajstić information content (AvgIpc) is 3.78. The van der Waals surface area contributed by atoms with Crippen molar-refractivity contribution in [3.63, 3.8) is 0 Å². The summed E-state index contributed by atoms with van der Waals surface area (Å²) >= 11 is 0. The minimum Gasteiger partial charge on any atom is -0.256 e. The quantitative estimate of drug-likeness (QED) is 0.155. The molecule has 1 aliphatic rings. The molecule has 0 N–H and O–H groups in total. The second-order valence-electron chi connectivity index (χ2n) is 19.0. The maximum Gasteiger partial charge on any atom is 0.0972 e. The fraction of sp³-hybridized carbons (Fsp3) is 0.0149. The number of fused-ring (bicyclic) bond motifs is 11. The molecule has 338 valence electrons. The van der Waals surface area contributed by atoms with Crippen LogP contribution in [0.3, 0.4) is 0 Å². The van der Waals surface area contributed by atoms with Gasteiger partial charge < -0.3 is 0 Å². The molecule has 6 heterocycles. The number of pyridine rings is 6. The van der Waals surface area contributed by atoms with E-state index >= 15 is 0 Å². The van der Waals surface area contributed by atoms with Gasteiger partial charge in [0.1, 0.15) is 0 Å². The van der Waals surface area contributed by atoms with Crippen LogP contribution in [-0.4, -0.2) is 29.9 Å². The van der Waals surface area contributed by atoms with Crippen molar-refractivity contribution >= 4 is 65.2 Å². The van der Waals surface area contributed by atoms with E-state index in [2.05, 4.69) is 206 Å². The van der Waals surface area contributed by atoms with E-state index < -0.39 is 5.41 Å². The molecule has 15 rings (SSSR count). The average molecular weight is 929 g/mol. The first-order valence-corrected chi connectivity index (χ1v) is 24.6. The molecule has 0 atom stereocenters. The molecule has 0 fully saturated rings. The second-order valence-corrected chi connectivity index (χ2v) is 19.0. The van der Waals surface area contributed by atoms with Crippen molar-refractivity contribution in [3.05, 3.63) is 265 Å². The molecular weight excluding hydrogens is 889 g/mol. The Morgan fingerprint density at radius 3 is 1.14 bits per heavy atom. The number of nitrogens with zero attached hydrogens (tertiary/aromatic N) is 6. The van der Waals surface area contributed by atoms with Crippen LogP contribution in [-0.2, 0) is 5.41 Å². The van der Waals surface area contributed by atoms with E-state index in [4.69, 9.17) is 29.9 Å². The number of hydrogen-bond acceptors (Lipinski definition) is 6. The van der Waals surface area contributed by atoms with Crippen molar-refractivity contribution in [2.45, 2.75) is 5.41 Å². The van der Waals surface area contributed by atoms with Gasteiger partial charge in [-0.15, -0.1) is 0 Å². The molecule has 6 aromatic heterocycles. The van der Waals surface area contributed by atoms with E-state index in [1.165, 1.54) is 22.3 Å². The summed E-state index contributed by atoms with van der Waals surface area (Å²) < 4.78 is 0. The highest BCUT2D eigenvalue weighted by atomic mass is 14.8. The van der Waals surface area contributed by atoms with Crippen LogP contribution in [0.2, 0.25) is 0 Å². The zero-order valence-electron chi connectivity index (χ0n) is 39.3. The fourth-order valence-corrected chi connectivity index (χ4v) is 11.7. The Labute approximate surface area is 420 Å². The van der Waals surface area contributed by atoms with Crippen LogP contribution in [0, 0.1) is 0 Å². The molecule has 0 saturated carbocycles. The van der Waals surface area contributed by atoms with E-state index in [-0.39, 0.29) is 0 Å². The van der Waals surface area contributed by atoms with Crippen molar-refractivity contribution in [1.82, 2.24) is 29.9 Å². The molecule has 0 spiro atoms. The Morgan fingerprint density at radius 2 is 0.671 bits per heavy atom. The molecule has 1 aliphatic carbocycles. The Bertz CT molecular complexity index is 4260. The molecule has 0 aliphatic heterocycles. The topological polar surface area (TPSA) is 77.3 Å². The Balaban J connectivity index is 0.978. The van der Waals surface area contributed by atoms with Crippen LogP contribution in [0.25, 0.3) is 121 Å². The van der Waals surface area contributed by atoms with E-state index in [1.807, 2.05) is 36.9 Å². The van der Waals surface area contributed by atoms with Crippen LogP contribution >= 0.6 is 0 Å². The van der Waals surface area contributed by atoms with Crippen molar-refractivity contribution in [1.29, 1.82) is 0 Å². The van der Waals surface area contributed by atoms with Gasteiger partial charge in [0.2, 0.25) is 0 Å². The lowest BCUT2D eigenvalue weighted by Gasteiger charge is -2.34. The zero-order valence-corrected chi connectivity index (χ0v) is 39.3. The van der Waals surface area contributed by atoms with Gasteiger partial charge in [-0.05, 0) is 92.7 Å². The summed E-state index contributed by atoms with van der Waals surface area (Å²) in [5, 5.41) is 8.78. The normalized spacial score (nSPS) is 12.8. The third-order valence-corrected chi connectivity index (χ3v) is 15.1. The maximum atomic E-state index is 5.28. The molecule has 73 heavy (non-hydrogen) atoms. The van der Waals surface area contributed by atoms with E-state index in [0.717, 1.165) is 121 Å². The second kappa shape index (κ2) is 16.1. The monoisotopic (exact) mass is 928 g/mol. The molecule has 0 saturated heterocycles. The molecule has 8 aromatic carbocycles. The van der Waals surface area contributed by atoms with Crippen LogP contribution in [0.4, 0.5) is 0 Å². The molecule has 0 bridgehead atoms. The number of hydrogen-bond donors (Lipinski definition) is 0. The summed E-state index contributed by atoms with van der Waals surface area (Å²) in [6, 6.07) is 78.5. The molecule has 0 amide bonds. The Kier molecular flexibility index (Phi) is 9.07. The molecule has 6 heteroatoms. The summed E-state index contributed by atoms with van der Waals surface area (Å²) in [6.07, 6.45) is 7.53. The van der Waals surface area contributed by atoms with Crippen molar-refractivity contribution in [2.75, 3.05) is 0 Å². The SMILES string of the molecule is c1ccc2c(-c3ccc4c(c3)C(c3ccc(-c5ccc6ccc7cccnc7c6n5)cc3)(c3ccc(-c5ccc6ccc7cccnc7c6n5)cc3)c3cc(-c5nccc6ccccc56)ccc3-4)nccc2c1. The predicted molar refractivity (Wildman–Crippen MR) is 297 cm³/mol. The van der Waals surface area contributed by atoms with Gasteiger partial charge in [0.15, 0.2) is 0 Å². The molecular formula is C67H40N6. The van der Waals surface area contributed by atoms with E-state index in [1.54, 1.807) is 0 Å². The summed E-state index contributed by atoms with van der Waals surface area (Å²) in [5.41, 5.74) is 17.6. The number of rotatable bonds is 6. The Hall–Kier alpha value is -9.78. The van der Waals surface area contributed by atoms with Crippen LogP contribution in [0.5, 0.6) is 0 Å². The fourth-order valence-electron chi connectivity index (χ4n) is 11.7. The molecule has 6 nitrogen and oxygen atoms in total. The third-order valence-electron chi connectivity index (χ3n) is 15.1. The largest absolute Gasteiger partial charge is 0.256 e. The lowest BCUT2D eigenvalue weighted by molar-refractivity contribution is 0.769. The highest BCUT2D eigenvalue weighted by molar-refractivity contribution is 6.05. The smallest absolute Gasteiger partial charge is 0.0972 e. The standard InChI is InChI=1S/C67H40N6/c1-3-11-53-41(7-1)33-37-70-61(53)49-21-29-55-56-30-22-50(62-54-12-4-2-8-42(54)34-38-71-62)40-58(56)67(57(55)39-49,51-25-17-43(18-26-51)59-31-23-47-15-13-45-9-5-35-68-63(45)65(47)72-59)52-27-19-44(20-28-52)60-32-24-48-16-14-46-10-6-36-69-64(46)66(48)73-60/h1-40H. The summed E-state index contributed by atoms with van der Waals surface area (Å²) in [7, 11) is 0. The lowest BCUT2D eigenvalue weighted by Crippen LogP contribution is -2.28. The summed E-state index contributed by atoms with van der Waals surface area (Å²) in [6.45, 7) is 0. The molecule has 0 radical (unpaired) electrons. The summed E-state index contributed by atoms with van der Waals surface area (Å²) in [4.78, 5) is 30.2. The third kappa shape index (κ3) is 6.37. The van der Waals surface area contributed by atoms with Crippen LogP contribution in [0.1, 0.15) is 22.3 Å². The molecule has 0 unspecified atom stereocenters. The number of aromatic nitrogens is 6. The van der Waals surface area contributed by atoms with Crippen molar-refractivity contribution in [2.24, 2.45) is 0 Å². The first-order chi connectivity index (χ1) is 36.2. The molecule has 14 aromatic rings. The first-order valence-electron chi connectivity index (χ1n) is 24.6. The van der Waals surface area contributed by atoms with Crippen LogP contribution in [0.15, 0.2) is 243 Å². The minimum absolute atomic E-state index is 0.795.